The van der Waals surface area contributed by atoms with Gasteiger partial charge in [0.2, 0.25) is 5.88 Å². The van der Waals surface area contributed by atoms with Gasteiger partial charge < -0.3 is 56.0 Å². The molecule has 4 saturated heterocycles. The van der Waals surface area contributed by atoms with Crippen LogP contribution in [0.25, 0.3) is 45.0 Å². The number of hydrogen-bond donors (Lipinski definition) is 8. The molecule has 4 aliphatic heterocycles. The van der Waals surface area contributed by atoms with Gasteiger partial charge in [-0.3, -0.25) is 24.0 Å². The van der Waals surface area contributed by atoms with Gasteiger partial charge in [-0.05, 0) is 262 Å². The molecule has 3 unspecified atom stereocenters. The van der Waals surface area contributed by atoms with Crippen molar-refractivity contribution in [3.8, 4) is 62.4 Å². The fraction of sp³-hybridized carbons (Fsp3) is 0.368. The predicted molar refractivity (Wildman–Crippen MR) is 571 cm³/mol. The van der Waals surface area contributed by atoms with Crippen LogP contribution in [0.2, 0.25) is 5.02 Å². The molecule has 784 valence electrons. The number of nitrogens with two attached hydrogens (primary N) is 3. The third-order valence-electron chi connectivity index (χ3n) is 25.3. The van der Waals surface area contributed by atoms with Crippen LogP contribution in [-0.4, -0.2) is 171 Å². The van der Waals surface area contributed by atoms with Crippen LogP contribution in [0.1, 0.15) is 208 Å². The molecule has 42 heteroatoms. The number of nitrogens with one attached hydrogen (secondary N) is 5. The van der Waals surface area contributed by atoms with E-state index in [-0.39, 0.29) is 90.4 Å². The van der Waals surface area contributed by atoms with Crippen molar-refractivity contribution in [1.82, 2.24) is 63.7 Å². The maximum Gasteiger partial charge on any atom is 0.281 e. The fourth-order valence-corrected chi connectivity index (χ4v) is 21.8. The number of carbonyl (C=O) groups excluding carboxylic acids is 4. The first-order chi connectivity index (χ1) is 70.0. The lowest BCUT2D eigenvalue weighted by Gasteiger charge is -2.34. The number of anilines is 7. The Kier molecular flexibility index (Phi) is 35.7. The second-order valence-corrected chi connectivity index (χ2v) is 46.0. The molecule has 0 saturated carbocycles. The highest BCUT2D eigenvalue weighted by molar-refractivity contribution is 7.91. The van der Waals surface area contributed by atoms with Crippen molar-refractivity contribution in [2.24, 2.45) is 23.7 Å². The summed E-state index contributed by atoms with van der Waals surface area (Å²) in [5, 5.41) is -0.486. The number of carbonyl (C=O) groups is 4. The quantitative estimate of drug-likeness (QED) is 0.0207. The molecular weight excluding hydrogens is 1990 g/mol. The highest BCUT2D eigenvalue weighted by Gasteiger charge is 2.41. The molecule has 13 heterocycles. The number of benzene rings is 3. The molecule has 36 nitrogen and oxygen atoms in total. The Morgan fingerprint density at radius 3 is 1.47 bits per heavy atom. The molecule has 4 aliphatic rings. The third-order valence-corrected chi connectivity index (χ3v) is 30.6. The van der Waals surface area contributed by atoms with Crippen LogP contribution in [0.5, 0.6) is 17.4 Å². The number of amides is 4. The number of rotatable bonds is 30. The summed E-state index contributed by atoms with van der Waals surface area (Å²) in [4.78, 5) is 110. The molecule has 11 N–H and O–H groups in total. The molecule has 16 rings (SSSR count). The van der Waals surface area contributed by atoms with Gasteiger partial charge >= 0.3 is 0 Å². The van der Waals surface area contributed by atoms with Gasteiger partial charge in [0.1, 0.15) is 58.0 Å². The van der Waals surface area contributed by atoms with Crippen molar-refractivity contribution in [3.05, 3.63) is 249 Å². The van der Waals surface area contributed by atoms with Crippen LogP contribution in [0, 0.1) is 29.5 Å². The first-order valence-electron chi connectivity index (χ1n) is 48.9. The summed E-state index contributed by atoms with van der Waals surface area (Å²) in [5.74, 6) is 1.59. The number of aromatic nitrogens is 9. The van der Waals surface area contributed by atoms with Crippen LogP contribution < -0.4 is 75.5 Å². The monoisotopic (exact) mass is 2120 g/mol. The minimum absolute atomic E-state index is 0.00308. The van der Waals surface area contributed by atoms with Crippen molar-refractivity contribution in [3.63, 3.8) is 0 Å². The van der Waals surface area contributed by atoms with Gasteiger partial charge in [0, 0.05) is 96.6 Å². The number of H-pyrrole nitrogens is 1. The predicted octanol–water partition coefficient (Wildman–Crippen LogP) is 16.9. The maximum atomic E-state index is 14.5. The maximum absolute atomic E-state index is 14.5. The van der Waals surface area contributed by atoms with Crippen molar-refractivity contribution in [2.75, 3.05) is 76.2 Å². The van der Waals surface area contributed by atoms with Crippen molar-refractivity contribution >= 4 is 116 Å². The molecule has 148 heavy (non-hydrogen) atoms. The second-order valence-electron chi connectivity index (χ2n) is 39.0. The van der Waals surface area contributed by atoms with E-state index in [1.807, 2.05) is 84.4 Å². The summed E-state index contributed by atoms with van der Waals surface area (Å²) in [5.41, 5.74) is 22.8. The van der Waals surface area contributed by atoms with E-state index in [4.69, 9.17) is 62.9 Å². The lowest BCUT2D eigenvalue weighted by Crippen LogP contribution is -2.41. The lowest BCUT2D eigenvalue weighted by molar-refractivity contribution is 0.0972. The number of hydrogen-bond acceptors (Lipinski definition) is 31. The lowest BCUT2D eigenvalue weighted by atomic mass is 9.97. The van der Waals surface area contributed by atoms with Crippen LogP contribution >= 0.6 is 11.6 Å². The molecule has 5 atom stereocenters. The molecule has 9 aromatic heterocycles. The summed E-state index contributed by atoms with van der Waals surface area (Å²) in [6, 6.07) is 49.8. The first kappa shape index (κ1) is 111. The van der Waals surface area contributed by atoms with Crippen molar-refractivity contribution < 1.29 is 71.5 Å². The van der Waals surface area contributed by atoms with Gasteiger partial charge in [0.25, 0.3) is 69.3 Å². The van der Waals surface area contributed by atoms with Crippen LogP contribution in [0.3, 0.4) is 0 Å². The Hall–Kier alpha value is -14.3. The van der Waals surface area contributed by atoms with Gasteiger partial charge in [-0.25, -0.2) is 71.6 Å². The molecular formula is C106H126ClFN20O16S4. The topological polar surface area (TPSA) is 508 Å². The van der Waals surface area contributed by atoms with Crippen molar-refractivity contribution in [2.45, 2.75) is 211 Å². The molecule has 0 spiro atoms. The van der Waals surface area contributed by atoms with Gasteiger partial charge in [-0.1, -0.05) is 116 Å². The minimum Gasteiger partial charge on any atom is -0.493 e. The Balaban J connectivity index is 0.000000165. The van der Waals surface area contributed by atoms with E-state index in [1.165, 1.54) is 90.6 Å². The summed E-state index contributed by atoms with van der Waals surface area (Å²) in [6.45, 7) is 34.8. The molecule has 12 aromatic rings. The Morgan fingerprint density at radius 1 is 0.500 bits per heavy atom. The summed E-state index contributed by atoms with van der Waals surface area (Å²) in [7, 11) is -17.1. The van der Waals surface area contributed by atoms with E-state index in [0.29, 0.717) is 137 Å². The Morgan fingerprint density at radius 2 is 0.986 bits per heavy atom. The highest BCUT2D eigenvalue weighted by atomic mass is 35.5. The van der Waals surface area contributed by atoms with Crippen LogP contribution in [0.15, 0.2) is 225 Å². The smallest absolute Gasteiger partial charge is 0.281 e. The van der Waals surface area contributed by atoms with E-state index in [0.717, 1.165) is 74.1 Å². The first-order valence-corrected chi connectivity index (χ1v) is 55.2. The van der Waals surface area contributed by atoms with Gasteiger partial charge in [-0.15, -0.1) is 0 Å². The SMILES string of the molecule is CC(C)CCOc1cc(F)cc(-c2ccc(C(=O)NS(=O)(=O)c3ccc[nH]c3=O)c(N3[C@H](C)CC[C@@H]3C)n2)c1.CC1CC(C)N(c2nc(-c3ccc(OC(C)C)nc3)ccc2C(=O)NS(=O)(=O)c2cccc(N)n2)C1.CC1CN(c2nc(-c3ccc(C(C)C)cc3)ccc2C(=O)NS(=O)(=O)c2cccc(N)n2)C(C)(C)C1.CCCOc1cc(-c2ccc(C(=O)NS(=O)(=O)c3cccc(N)n3)c(N3CCC(C)CC3)n2)ccc1Cl. The van der Waals surface area contributed by atoms with E-state index in [1.54, 1.807) is 66.9 Å². The van der Waals surface area contributed by atoms with Crippen molar-refractivity contribution in [1.29, 1.82) is 0 Å². The van der Waals surface area contributed by atoms with E-state index >= 15 is 0 Å². The summed E-state index contributed by atoms with van der Waals surface area (Å²) >= 11 is 6.30. The number of ether oxygens (including phenoxy) is 3. The largest absolute Gasteiger partial charge is 0.493 e. The normalized spacial score (nSPS) is 16.8. The number of pyridine rings is 9. The standard InChI is InChI=1S/C28H33FN4O5S.C27H33N5O3S.C26H30ClN5O4S.C25H30N6O4S/c1-17(2)11-13-38-22-15-20(14-21(29)16-22)24-10-9-23(26(31-24)33-18(3)7-8-19(33)4)27(34)32-39(36,37)25-6-5-12-30-28(25)35;1-17(2)19-9-11-20(12-10-19)22-14-13-21(25(29-22)32-16-18(3)15-27(32,4)5)26(33)31-36(34,35)24-8-6-7-23(28)30-24;1-3-15-36-22-16-18(7-9-20(22)27)21-10-8-19(25(29-21)32-13-11-17(2)12-14-32)26(33)31-37(34,35)24-6-4-5-23(28)30-24;1-15(2)35-22-11-8-18(13-27-22)20-10-9-19(24(28-20)31-14-16(3)12-17(31)4)25(32)30-36(33,34)23-7-5-6-21(26)29-23/h5-6,9-10,12,14-19H,7-8,11,13H2,1-4H3,(H,30,35)(H,32,34);6-14,17-18H,15-16H2,1-5H3,(H2,28,30)(H,31,33);4-10,16-17H,3,11-15H2,1-2H3,(H2,28,30)(H,31,33);5-11,13,15-17H,12,14H2,1-4H3,(H2,26,29)(H,30,32)/t18-,19+;;;. The van der Waals surface area contributed by atoms with E-state index in [9.17, 15) is 62.0 Å². The van der Waals surface area contributed by atoms with Gasteiger partial charge in [0.05, 0.1) is 69.4 Å². The zero-order chi connectivity index (χ0) is 107. The number of sulfonamides is 4. The molecule has 4 amide bonds. The van der Waals surface area contributed by atoms with Crippen LogP contribution in [-0.2, 0) is 40.1 Å². The molecule has 0 bridgehead atoms. The van der Waals surface area contributed by atoms with E-state index in [2.05, 4.69) is 125 Å². The zero-order valence-corrected chi connectivity index (χ0v) is 89.2. The Bertz CT molecular complexity index is 7390. The number of nitrogens with zero attached hydrogens (tertiary/aromatic N) is 12. The molecule has 4 fully saturated rings. The number of piperidine rings is 1. The number of nitrogen functional groups attached to an aromatic ring is 3. The molecule has 3 aromatic carbocycles. The number of halogens is 2. The van der Waals surface area contributed by atoms with Gasteiger partial charge in [-0.2, -0.15) is 25.3 Å². The molecule has 0 aliphatic carbocycles. The number of aromatic amines is 1. The average Bonchev–Trinajstić information content (AvgIpc) is 1.51. The fourth-order valence-electron chi connectivity index (χ4n) is 17.7. The summed E-state index contributed by atoms with van der Waals surface area (Å²) in [6.07, 6.45) is 10.1. The third kappa shape index (κ3) is 28.0. The van der Waals surface area contributed by atoms with Crippen LogP contribution in [0.4, 0.5) is 45.1 Å². The average molecular weight is 2120 g/mol. The van der Waals surface area contributed by atoms with Gasteiger partial charge in [0.15, 0.2) is 20.0 Å². The summed E-state index contributed by atoms with van der Waals surface area (Å²) < 4.78 is 143. The molecule has 0 radical (unpaired) electrons. The van der Waals surface area contributed by atoms with E-state index < -0.39 is 80.0 Å². The minimum atomic E-state index is -4.45. The second kappa shape index (κ2) is 47.7. The zero-order valence-electron chi connectivity index (χ0n) is 85.2. The Labute approximate surface area is 868 Å². The highest BCUT2D eigenvalue weighted by Crippen LogP contribution is 2.42.